The second-order valence-corrected chi connectivity index (χ2v) is 9.10. The van der Waals surface area contributed by atoms with Gasteiger partial charge in [-0.3, -0.25) is 9.59 Å². The molecular weight excluding hydrogens is 364 g/mol. The number of piperidine rings is 2. The summed E-state index contributed by atoms with van der Waals surface area (Å²) >= 11 is 4.53. The Morgan fingerprint density at radius 1 is 0.963 bits per heavy atom. The third-order valence-corrected chi connectivity index (χ3v) is 4.92. The van der Waals surface area contributed by atoms with Crippen LogP contribution in [0, 0.1) is 11.8 Å². The summed E-state index contributed by atoms with van der Waals surface area (Å²) in [6, 6.07) is 0. The maximum Gasteiger partial charge on any atom is 0.309 e. The molecule has 7 heteroatoms. The minimum Gasteiger partial charge on any atom is -0.466 e. The first-order valence-corrected chi connectivity index (χ1v) is 10.7. The lowest BCUT2D eigenvalue weighted by Crippen LogP contribution is -2.42. The second kappa shape index (κ2) is 12.6. The second-order valence-electron chi connectivity index (χ2n) is 7.89. The lowest BCUT2D eigenvalue weighted by atomic mass is 9.96. The van der Waals surface area contributed by atoms with E-state index in [0.717, 1.165) is 58.4 Å². The Kier molecular flexibility index (Phi) is 11.3. The fourth-order valence-electron chi connectivity index (χ4n) is 3.45. The maximum absolute atomic E-state index is 11.5. The zero-order valence-corrected chi connectivity index (χ0v) is 18.4. The molecule has 0 spiro atoms. The summed E-state index contributed by atoms with van der Waals surface area (Å²) in [5, 5.41) is 3.20. The molecule has 27 heavy (non-hydrogen) atoms. The third kappa shape index (κ3) is 10.4. The van der Waals surface area contributed by atoms with Crippen molar-refractivity contribution in [1.29, 1.82) is 0 Å². The van der Waals surface area contributed by atoms with E-state index in [9.17, 15) is 9.59 Å². The molecule has 2 aliphatic heterocycles. The summed E-state index contributed by atoms with van der Waals surface area (Å²) in [5.41, 5.74) is 0. The summed E-state index contributed by atoms with van der Waals surface area (Å²) in [6.07, 6.45) is 3.70. The topological polar surface area (TPSA) is 67.9 Å². The highest BCUT2D eigenvalue weighted by Crippen LogP contribution is 2.22. The first-order chi connectivity index (χ1) is 12.8. The molecule has 158 valence electrons. The van der Waals surface area contributed by atoms with Crippen molar-refractivity contribution < 1.29 is 19.1 Å². The van der Waals surface area contributed by atoms with Gasteiger partial charge in [-0.2, -0.15) is 12.6 Å². The van der Waals surface area contributed by atoms with Gasteiger partial charge >= 0.3 is 11.9 Å². The van der Waals surface area contributed by atoms with E-state index < -0.39 is 0 Å². The fraction of sp³-hybridized carbons (Fsp3) is 0.900. The van der Waals surface area contributed by atoms with Crippen molar-refractivity contribution in [2.75, 3.05) is 45.9 Å². The Bertz CT molecular complexity index is 440. The summed E-state index contributed by atoms with van der Waals surface area (Å²) < 4.78 is 10.00. The van der Waals surface area contributed by atoms with Crippen LogP contribution in [0.2, 0.25) is 0 Å². The zero-order chi connectivity index (χ0) is 20.3. The highest BCUT2D eigenvalue weighted by Gasteiger charge is 2.28. The number of esters is 2. The van der Waals surface area contributed by atoms with Crippen LogP contribution in [0.25, 0.3) is 0 Å². The van der Waals surface area contributed by atoms with E-state index in [1.54, 1.807) is 0 Å². The van der Waals surface area contributed by atoms with Crippen LogP contribution in [0.1, 0.15) is 53.4 Å². The predicted octanol–water partition coefficient (Wildman–Crippen LogP) is 2.52. The largest absolute Gasteiger partial charge is 0.466 e. The predicted molar refractivity (Wildman–Crippen MR) is 111 cm³/mol. The van der Waals surface area contributed by atoms with Gasteiger partial charge in [0.25, 0.3) is 0 Å². The highest BCUT2D eigenvalue weighted by molar-refractivity contribution is 7.81. The Labute approximate surface area is 170 Å². The van der Waals surface area contributed by atoms with Gasteiger partial charge in [0.15, 0.2) is 0 Å². The van der Waals surface area contributed by atoms with Crippen molar-refractivity contribution >= 4 is 24.6 Å². The van der Waals surface area contributed by atoms with Gasteiger partial charge in [0, 0.05) is 11.3 Å². The molecule has 2 saturated heterocycles. The minimum atomic E-state index is -0.0210. The summed E-state index contributed by atoms with van der Waals surface area (Å²) in [7, 11) is 0. The average molecular weight is 403 g/mol. The van der Waals surface area contributed by atoms with Gasteiger partial charge in [-0.1, -0.05) is 0 Å². The number of thiol groups is 1. The first-order valence-electron chi connectivity index (χ1n) is 10.3. The lowest BCUT2D eigenvalue weighted by Gasteiger charge is -2.34. The average Bonchev–Trinajstić information content (AvgIpc) is 2.63. The molecule has 0 aromatic heterocycles. The van der Waals surface area contributed by atoms with Gasteiger partial charge in [0.1, 0.15) is 0 Å². The van der Waals surface area contributed by atoms with Crippen molar-refractivity contribution in [3.05, 3.63) is 0 Å². The van der Waals surface area contributed by atoms with E-state index in [1.165, 1.54) is 0 Å². The molecule has 6 nitrogen and oxygen atoms in total. The molecule has 0 bridgehead atoms. The zero-order valence-electron chi connectivity index (χ0n) is 17.5. The first kappa shape index (κ1) is 24.2. The number of likely N-dealkylation sites (tertiary alicyclic amines) is 1. The molecule has 0 aromatic carbocycles. The Balaban J connectivity index is 0.000000289. The van der Waals surface area contributed by atoms with Crippen molar-refractivity contribution in [1.82, 2.24) is 10.2 Å². The van der Waals surface area contributed by atoms with Crippen molar-refractivity contribution in [3.8, 4) is 0 Å². The molecule has 0 amide bonds. The van der Waals surface area contributed by atoms with Crippen LogP contribution in [0.15, 0.2) is 0 Å². The molecule has 0 atom stereocenters. The number of nitrogens with zero attached hydrogens (tertiary/aromatic N) is 1. The number of carbonyl (C=O) groups excluding carboxylic acids is 2. The molecule has 0 unspecified atom stereocenters. The Hall–Kier alpha value is -0.790. The number of nitrogens with one attached hydrogen (secondary N) is 1. The molecule has 2 rings (SSSR count). The van der Waals surface area contributed by atoms with Crippen molar-refractivity contribution in [2.45, 2.75) is 58.1 Å². The summed E-state index contributed by atoms with van der Waals surface area (Å²) in [5.74, 6) is 0.219. The standard InChI is InChI=1S/C12H23NO2S.C8H15NO2/c1-4-15-11(14)10-5-7-13(8-6-10)9-12(2,3)16;1-2-11-8(10)7-3-5-9-6-4-7/h10,16H,4-9H2,1-3H3;7,9H,2-6H2,1H3. The monoisotopic (exact) mass is 402 g/mol. The van der Waals surface area contributed by atoms with E-state index in [4.69, 9.17) is 9.47 Å². The molecule has 2 fully saturated rings. The normalized spacial score (nSPS) is 19.7. The van der Waals surface area contributed by atoms with Crippen molar-refractivity contribution in [3.63, 3.8) is 0 Å². The van der Waals surface area contributed by atoms with Crippen LogP contribution in [0.4, 0.5) is 0 Å². The van der Waals surface area contributed by atoms with Crippen molar-refractivity contribution in [2.24, 2.45) is 11.8 Å². The molecule has 2 heterocycles. The molecule has 0 saturated carbocycles. The number of hydrogen-bond acceptors (Lipinski definition) is 7. The molecule has 1 N–H and O–H groups in total. The molecule has 2 aliphatic rings. The number of hydrogen-bond donors (Lipinski definition) is 2. The smallest absolute Gasteiger partial charge is 0.309 e. The van der Waals surface area contributed by atoms with Gasteiger partial charge in [-0.05, 0) is 79.6 Å². The molecule has 0 aliphatic carbocycles. The van der Waals surface area contributed by atoms with E-state index in [0.29, 0.717) is 13.2 Å². The van der Waals surface area contributed by atoms with Crippen LogP contribution in [-0.2, 0) is 19.1 Å². The maximum atomic E-state index is 11.5. The Morgan fingerprint density at radius 3 is 1.81 bits per heavy atom. The number of rotatable bonds is 6. The quantitative estimate of drug-likeness (QED) is 0.526. The molecule has 0 radical (unpaired) electrons. The highest BCUT2D eigenvalue weighted by atomic mass is 32.1. The summed E-state index contributed by atoms with van der Waals surface area (Å²) in [6.45, 7) is 13.8. The molecular formula is C20H38N2O4S. The van der Waals surface area contributed by atoms with Gasteiger partial charge in [-0.15, -0.1) is 0 Å². The minimum absolute atomic E-state index is 0.0194. The summed E-state index contributed by atoms with van der Waals surface area (Å²) in [4.78, 5) is 25.1. The van der Waals surface area contributed by atoms with E-state index in [-0.39, 0.29) is 28.5 Å². The van der Waals surface area contributed by atoms with Crippen LogP contribution in [0.3, 0.4) is 0 Å². The molecule has 0 aromatic rings. The van der Waals surface area contributed by atoms with Gasteiger partial charge in [-0.25, -0.2) is 0 Å². The third-order valence-electron chi connectivity index (χ3n) is 4.78. The fourth-order valence-corrected chi connectivity index (χ4v) is 3.65. The van der Waals surface area contributed by atoms with E-state index in [2.05, 4.69) is 36.7 Å². The number of ether oxygens (including phenoxy) is 2. The number of carbonyl (C=O) groups is 2. The van der Waals surface area contributed by atoms with Gasteiger partial charge < -0.3 is 19.7 Å². The van der Waals surface area contributed by atoms with Crippen LogP contribution < -0.4 is 5.32 Å². The van der Waals surface area contributed by atoms with Crippen LogP contribution in [0.5, 0.6) is 0 Å². The van der Waals surface area contributed by atoms with Gasteiger partial charge in [0.05, 0.1) is 25.0 Å². The van der Waals surface area contributed by atoms with Crippen LogP contribution in [-0.4, -0.2) is 67.5 Å². The lowest BCUT2D eigenvalue weighted by molar-refractivity contribution is -0.150. The van der Waals surface area contributed by atoms with Gasteiger partial charge in [0.2, 0.25) is 0 Å². The SMILES string of the molecule is CCOC(=O)C1CCN(CC(C)(C)S)CC1.CCOC(=O)C1CCNCC1. The van der Waals surface area contributed by atoms with E-state index >= 15 is 0 Å². The van der Waals surface area contributed by atoms with Crippen LogP contribution >= 0.6 is 12.6 Å². The Morgan fingerprint density at radius 2 is 1.41 bits per heavy atom. The van der Waals surface area contributed by atoms with E-state index in [1.807, 2.05) is 13.8 Å².